The molecule has 0 spiro atoms. The van der Waals surface area contributed by atoms with Crippen LogP contribution >= 0.6 is 11.6 Å². The van der Waals surface area contributed by atoms with Crippen molar-refractivity contribution in [1.82, 2.24) is 4.72 Å². The summed E-state index contributed by atoms with van der Waals surface area (Å²) in [5.74, 6) is 0. The van der Waals surface area contributed by atoms with E-state index in [2.05, 4.69) is 4.72 Å². The number of nitrogens with one attached hydrogen (secondary N) is 1. The molecule has 6 heteroatoms. The lowest BCUT2D eigenvalue weighted by Crippen LogP contribution is -2.24. The van der Waals surface area contributed by atoms with Crippen LogP contribution < -0.4 is 10.5 Å². The molecule has 90 valence electrons. The molecule has 0 saturated heterocycles. The van der Waals surface area contributed by atoms with Crippen LogP contribution in [-0.4, -0.2) is 15.0 Å². The minimum Gasteiger partial charge on any atom is -0.397 e. The molecule has 1 aromatic carbocycles. The SMILES string of the molecule is CCCCNS(=O)(=O)c1ccc(Cl)c(N)c1. The molecule has 0 unspecified atom stereocenters. The second-order valence-electron chi connectivity index (χ2n) is 3.43. The molecule has 0 aromatic heterocycles. The Balaban J connectivity index is 2.86. The van der Waals surface area contributed by atoms with Gasteiger partial charge in [0.1, 0.15) is 0 Å². The van der Waals surface area contributed by atoms with Gasteiger partial charge in [-0.1, -0.05) is 24.9 Å². The minimum absolute atomic E-state index is 0.144. The number of nitrogens with two attached hydrogens (primary N) is 1. The molecule has 0 bridgehead atoms. The number of halogens is 1. The summed E-state index contributed by atoms with van der Waals surface area (Å²) < 4.78 is 26.0. The second-order valence-corrected chi connectivity index (χ2v) is 5.61. The molecule has 0 aliphatic rings. The summed E-state index contributed by atoms with van der Waals surface area (Å²) in [4.78, 5) is 0.144. The molecule has 0 aliphatic carbocycles. The standard InChI is InChI=1S/C10H15ClN2O2S/c1-2-3-6-13-16(14,15)8-4-5-9(11)10(12)7-8/h4-5,7,13H,2-3,6,12H2,1H3. The Hall–Kier alpha value is -0.780. The van der Waals surface area contributed by atoms with Crippen molar-refractivity contribution < 1.29 is 8.42 Å². The fraction of sp³-hybridized carbons (Fsp3) is 0.400. The molecule has 1 rings (SSSR count). The Kier molecular flexibility index (Phi) is 4.58. The van der Waals surface area contributed by atoms with Gasteiger partial charge in [-0.05, 0) is 24.6 Å². The quantitative estimate of drug-likeness (QED) is 0.630. The van der Waals surface area contributed by atoms with Crippen molar-refractivity contribution in [3.05, 3.63) is 23.2 Å². The Bertz CT molecular complexity index is 460. The highest BCUT2D eigenvalue weighted by Crippen LogP contribution is 2.21. The van der Waals surface area contributed by atoms with Gasteiger partial charge in [0.05, 0.1) is 15.6 Å². The summed E-state index contributed by atoms with van der Waals surface area (Å²) in [5, 5.41) is 0.354. The van der Waals surface area contributed by atoms with Crippen molar-refractivity contribution >= 4 is 27.3 Å². The first-order chi connectivity index (χ1) is 7.47. The predicted molar refractivity (Wildman–Crippen MR) is 66.0 cm³/mol. The van der Waals surface area contributed by atoms with Crippen molar-refractivity contribution in [1.29, 1.82) is 0 Å². The highest BCUT2D eigenvalue weighted by Gasteiger charge is 2.13. The van der Waals surface area contributed by atoms with E-state index in [1.54, 1.807) is 0 Å². The van der Waals surface area contributed by atoms with Gasteiger partial charge in [-0.15, -0.1) is 0 Å². The third-order valence-electron chi connectivity index (χ3n) is 2.10. The highest BCUT2D eigenvalue weighted by atomic mass is 35.5. The highest BCUT2D eigenvalue weighted by molar-refractivity contribution is 7.89. The smallest absolute Gasteiger partial charge is 0.240 e. The fourth-order valence-electron chi connectivity index (χ4n) is 1.16. The molecule has 0 atom stereocenters. The van der Waals surface area contributed by atoms with Crippen molar-refractivity contribution in [3.63, 3.8) is 0 Å². The lowest BCUT2D eigenvalue weighted by molar-refractivity contribution is 0.578. The maximum atomic E-state index is 11.8. The Morgan fingerprint density at radius 1 is 1.44 bits per heavy atom. The zero-order valence-corrected chi connectivity index (χ0v) is 10.6. The molecule has 1 aromatic rings. The minimum atomic E-state index is -3.46. The van der Waals surface area contributed by atoms with E-state index in [0.29, 0.717) is 11.6 Å². The summed E-state index contributed by atoms with van der Waals surface area (Å²) in [5.41, 5.74) is 5.81. The summed E-state index contributed by atoms with van der Waals surface area (Å²) in [6.07, 6.45) is 1.74. The average molecular weight is 263 g/mol. The van der Waals surface area contributed by atoms with E-state index >= 15 is 0 Å². The van der Waals surface area contributed by atoms with Gasteiger partial charge in [0.25, 0.3) is 0 Å². The molecule has 0 fully saturated rings. The maximum Gasteiger partial charge on any atom is 0.240 e. The molecule has 0 amide bonds. The largest absolute Gasteiger partial charge is 0.397 e. The molecule has 16 heavy (non-hydrogen) atoms. The zero-order chi connectivity index (χ0) is 12.2. The van der Waals surface area contributed by atoms with Gasteiger partial charge < -0.3 is 5.73 Å². The second kappa shape index (κ2) is 5.52. The average Bonchev–Trinajstić information content (AvgIpc) is 2.22. The maximum absolute atomic E-state index is 11.8. The number of rotatable bonds is 5. The molecular formula is C10H15ClN2O2S. The van der Waals surface area contributed by atoms with Crippen LogP contribution in [-0.2, 0) is 10.0 Å². The predicted octanol–water partition coefficient (Wildman–Crippen LogP) is 2.00. The number of hydrogen-bond donors (Lipinski definition) is 2. The molecule has 0 heterocycles. The molecule has 0 radical (unpaired) electrons. The number of unbranched alkanes of at least 4 members (excludes halogenated alkanes) is 1. The van der Waals surface area contributed by atoms with Crippen LogP contribution in [0.2, 0.25) is 5.02 Å². The van der Waals surface area contributed by atoms with Gasteiger partial charge in [-0.25, -0.2) is 13.1 Å². The molecular weight excluding hydrogens is 248 g/mol. The van der Waals surface area contributed by atoms with Crippen molar-refractivity contribution in [2.24, 2.45) is 0 Å². The number of anilines is 1. The monoisotopic (exact) mass is 262 g/mol. The lowest BCUT2D eigenvalue weighted by Gasteiger charge is -2.07. The van der Waals surface area contributed by atoms with Crippen LogP contribution in [0.1, 0.15) is 19.8 Å². The van der Waals surface area contributed by atoms with Crippen LogP contribution in [0.15, 0.2) is 23.1 Å². The fourth-order valence-corrected chi connectivity index (χ4v) is 2.38. The van der Waals surface area contributed by atoms with E-state index in [1.165, 1.54) is 18.2 Å². The van der Waals surface area contributed by atoms with Crippen molar-refractivity contribution in [2.75, 3.05) is 12.3 Å². The molecule has 0 aliphatic heterocycles. The third-order valence-corrected chi connectivity index (χ3v) is 3.90. The van der Waals surface area contributed by atoms with Crippen LogP contribution in [0.4, 0.5) is 5.69 Å². The summed E-state index contributed by atoms with van der Waals surface area (Å²) >= 11 is 5.72. The first-order valence-electron chi connectivity index (χ1n) is 5.02. The van der Waals surface area contributed by atoms with E-state index in [4.69, 9.17) is 17.3 Å². The number of sulfonamides is 1. The topological polar surface area (TPSA) is 72.2 Å². The molecule has 3 N–H and O–H groups in total. The van der Waals surface area contributed by atoms with Crippen molar-refractivity contribution in [2.45, 2.75) is 24.7 Å². The Morgan fingerprint density at radius 2 is 2.12 bits per heavy atom. The molecule has 4 nitrogen and oxygen atoms in total. The summed E-state index contributed by atoms with van der Waals surface area (Å²) in [6.45, 7) is 2.43. The van der Waals surface area contributed by atoms with Gasteiger partial charge in [0, 0.05) is 6.54 Å². The Labute approximate surface area is 101 Å². The first-order valence-corrected chi connectivity index (χ1v) is 6.88. The van der Waals surface area contributed by atoms with Gasteiger partial charge in [0.2, 0.25) is 10.0 Å². The zero-order valence-electron chi connectivity index (χ0n) is 9.03. The van der Waals surface area contributed by atoms with E-state index in [-0.39, 0.29) is 10.6 Å². The van der Waals surface area contributed by atoms with E-state index in [9.17, 15) is 8.42 Å². The van der Waals surface area contributed by atoms with Gasteiger partial charge in [0.15, 0.2) is 0 Å². The number of nitrogen functional groups attached to an aromatic ring is 1. The number of hydrogen-bond acceptors (Lipinski definition) is 3. The van der Waals surface area contributed by atoms with E-state index in [1.807, 2.05) is 6.92 Å². The number of benzene rings is 1. The van der Waals surface area contributed by atoms with Gasteiger partial charge in [-0.2, -0.15) is 0 Å². The summed E-state index contributed by atoms with van der Waals surface area (Å²) in [6, 6.07) is 4.27. The van der Waals surface area contributed by atoms with Gasteiger partial charge >= 0.3 is 0 Å². The third kappa shape index (κ3) is 3.37. The summed E-state index contributed by atoms with van der Waals surface area (Å²) in [7, 11) is -3.46. The van der Waals surface area contributed by atoms with Crippen LogP contribution in [0.3, 0.4) is 0 Å². The van der Waals surface area contributed by atoms with E-state index in [0.717, 1.165) is 12.8 Å². The van der Waals surface area contributed by atoms with Gasteiger partial charge in [-0.3, -0.25) is 0 Å². The van der Waals surface area contributed by atoms with Crippen molar-refractivity contribution in [3.8, 4) is 0 Å². The van der Waals surface area contributed by atoms with E-state index < -0.39 is 10.0 Å². The van der Waals surface area contributed by atoms with Crippen LogP contribution in [0.5, 0.6) is 0 Å². The molecule has 0 saturated carbocycles. The normalized spacial score (nSPS) is 11.6. The Morgan fingerprint density at radius 3 is 2.69 bits per heavy atom. The first kappa shape index (κ1) is 13.3. The van der Waals surface area contributed by atoms with Crippen LogP contribution in [0.25, 0.3) is 0 Å². The van der Waals surface area contributed by atoms with Crippen LogP contribution in [0, 0.1) is 0 Å². The lowest BCUT2D eigenvalue weighted by atomic mass is 10.3.